The Kier molecular flexibility index (Phi) is 5.65. The first kappa shape index (κ1) is 17.8. The second-order valence-electron chi connectivity index (χ2n) is 7.87. The molecule has 1 saturated heterocycles. The van der Waals surface area contributed by atoms with E-state index >= 15 is 0 Å². The van der Waals surface area contributed by atoms with Crippen molar-refractivity contribution in [2.45, 2.75) is 60.0 Å². The summed E-state index contributed by atoms with van der Waals surface area (Å²) in [5.41, 5.74) is -0.784. The Balaban J connectivity index is 2.31. The van der Waals surface area contributed by atoms with Crippen LogP contribution in [-0.4, -0.2) is 42.1 Å². The van der Waals surface area contributed by atoms with Gasteiger partial charge in [-0.2, -0.15) is 0 Å². The Morgan fingerprint density at radius 1 is 1.10 bits per heavy atom. The van der Waals surface area contributed by atoms with Gasteiger partial charge in [-0.15, -0.1) is 0 Å². The van der Waals surface area contributed by atoms with Gasteiger partial charge in [-0.25, -0.2) is 4.79 Å². The van der Waals surface area contributed by atoms with E-state index in [1.54, 1.807) is 0 Å². The Bertz CT molecular complexity index is 372. The molecule has 2 amide bonds. The zero-order valence-corrected chi connectivity index (χ0v) is 14.3. The molecule has 0 spiro atoms. The van der Waals surface area contributed by atoms with Gasteiger partial charge >= 0.3 is 6.09 Å². The number of ether oxygens (including phenoxy) is 1. The largest absolute Gasteiger partial charge is 0.444 e. The lowest BCUT2D eigenvalue weighted by atomic mass is 9.91. The van der Waals surface area contributed by atoms with Crippen molar-refractivity contribution < 1.29 is 14.3 Å². The molecular formula is C16H30N2O3. The van der Waals surface area contributed by atoms with Gasteiger partial charge in [0.1, 0.15) is 5.60 Å². The van der Waals surface area contributed by atoms with Crippen LogP contribution in [0.1, 0.15) is 54.4 Å². The van der Waals surface area contributed by atoms with Crippen LogP contribution in [-0.2, 0) is 9.53 Å². The van der Waals surface area contributed by atoms with Gasteiger partial charge in [-0.1, -0.05) is 20.8 Å². The molecule has 0 saturated carbocycles. The van der Waals surface area contributed by atoms with E-state index in [1.807, 2.05) is 46.4 Å². The van der Waals surface area contributed by atoms with E-state index in [-0.39, 0.29) is 17.4 Å². The predicted octanol–water partition coefficient (Wildman–Crippen LogP) is 2.80. The van der Waals surface area contributed by atoms with Gasteiger partial charge in [0.2, 0.25) is 5.91 Å². The highest BCUT2D eigenvalue weighted by atomic mass is 16.6. The van der Waals surface area contributed by atoms with Crippen LogP contribution in [0.5, 0.6) is 0 Å². The molecule has 1 heterocycles. The lowest BCUT2D eigenvalue weighted by Crippen LogP contribution is -2.46. The molecule has 0 aromatic heterocycles. The van der Waals surface area contributed by atoms with E-state index in [9.17, 15) is 9.59 Å². The number of amides is 2. The maximum atomic E-state index is 12.2. The number of nitrogens with one attached hydrogen (secondary N) is 1. The van der Waals surface area contributed by atoms with E-state index in [0.29, 0.717) is 12.5 Å². The zero-order chi connectivity index (χ0) is 16.3. The Labute approximate surface area is 128 Å². The molecule has 1 fully saturated rings. The quantitative estimate of drug-likeness (QED) is 0.853. The van der Waals surface area contributed by atoms with Crippen molar-refractivity contribution in [2.75, 3.05) is 19.6 Å². The topological polar surface area (TPSA) is 58.6 Å². The van der Waals surface area contributed by atoms with Gasteiger partial charge < -0.3 is 15.0 Å². The number of alkyl carbamates (subject to hydrolysis) is 1. The molecule has 5 nitrogen and oxygen atoms in total. The van der Waals surface area contributed by atoms with Crippen LogP contribution in [0.3, 0.4) is 0 Å². The molecule has 1 rings (SSSR count). The van der Waals surface area contributed by atoms with Crippen molar-refractivity contribution in [3.8, 4) is 0 Å². The number of hydrogen-bond donors (Lipinski definition) is 1. The van der Waals surface area contributed by atoms with Crippen LogP contribution >= 0.6 is 0 Å². The van der Waals surface area contributed by atoms with Crippen LogP contribution < -0.4 is 5.32 Å². The molecule has 1 aliphatic rings. The normalized spacial score (nSPS) is 17.5. The summed E-state index contributed by atoms with van der Waals surface area (Å²) in [6.45, 7) is 13.6. The van der Waals surface area contributed by atoms with Crippen LogP contribution in [0.25, 0.3) is 0 Å². The number of piperidine rings is 1. The molecule has 5 heteroatoms. The van der Waals surface area contributed by atoms with Gasteiger partial charge in [0.25, 0.3) is 0 Å². The summed E-state index contributed by atoms with van der Waals surface area (Å²) in [4.78, 5) is 25.7. The lowest BCUT2D eigenvalue weighted by molar-refractivity contribution is -0.140. The van der Waals surface area contributed by atoms with Crippen molar-refractivity contribution in [3.63, 3.8) is 0 Å². The van der Waals surface area contributed by atoms with Crippen LogP contribution in [0.4, 0.5) is 4.79 Å². The summed E-state index contributed by atoms with van der Waals surface area (Å²) < 4.78 is 5.22. The maximum absolute atomic E-state index is 12.2. The number of nitrogens with zero attached hydrogens (tertiary/aromatic N) is 1. The molecule has 1 aliphatic heterocycles. The standard InChI is InChI=1S/C16H30N2O3/c1-15(2,3)13(19)18-9-7-12(8-10-18)11-17-14(20)21-16(4,5)6/h12H,7-11H2,1-6H3,(H,17,20). The van der Waals surface area contributed by atoms with Crippen molar-refractivity contribution in [1.29, 1.82) is 0 Å². The summed E-state index contributed by atoms with van der Waals surface area (Å²) in [7, 11) is 0. The van der Waals surface area contributed by atoms with Gasteiger partial charge in [0, 0.05) is 25.0 Å². The van der Waals surface area contributed by atoms with Gasteiger partial charge in [0.05, 0.1) is 0 Å². The van der Waals surface area contributed by atoms with Crippen molar-refractivity contribution in [3.05, 3.63) is 0 Å². The number of likely N-dealkylation sites (tertiary alicyclic amines) is 1. The molecule has 0 aromatic carbocycles. The first-order valence-electron chi connectivity index (χ1n) is 7.75. The first-order valence-corrected chi connectivity index (χ1v) is 7.75. The van der Waals surface area contributed by atoms with E-state index < -0.39 is 5.60 Å². The molecule has 1 N–H and O–H groups in total. The Morgan fingerprint density at radius 2 is 1.62 bits per heavy atom. The fraction of sp³-hybridized carbons (Fsp3) is 0.875. The predicted molar refractivity (Wildman–Crippen MR) is 83.0 cm³/mol. The average molecular weight is 298 g/mol. The smallest absolute Gasteiger partial charge is 0.407 e. The number of carbonyl (C=O) groups excluding carboxylic acids is 2. The minimum absolute atomic E-state index is 0.209. The molecule has 0 radical (unpaired) electrons. The van der Waals surface area contributed by atoms with Crippen LogP contribution in [0.15, 0.2) is 0 Å². The number of carbonyl (C=O) groups is 2. The highest BCUT2D eigenvalue weighted by Gasteiger charge is 2.30. The zero-order valence-electron chi connectivity index (χ0n) is 14.3. The maximum Gasteiger partial charge on any atom is 0.407 e. The minimum atomic E-state index is -0.466. The Morgan fingerprint density at radius 3 is 2.05 bits per heavy atom. The van der Waals surface area contributed by atoms with Crippen molar-refractivity contribution in [1.82, 2.24) is 10.2 Å². The fourth-order valence-corrected chi connectivity index (χ4v) is 2.36. The summed E-state index contributed by atoms with van der Waals surface area (Å²) in [5, 5.41) is 2.82. The molecular weight excluding hydrogens is 268 g/mol. The third kappa shape index (κ3) is 6.36. The summed E-state index contributed by atoms with van der Waals surface area (Å²) in [6.07, 6.45) is 1.49. The van der Waals surface area contributed by atoms with E-state index in [0.717, 1.165) is 25.9 Å². The summed E-state index contributed by atoms with van der Waals surface area (Å²) in [6, 6.07) is 0. The first-order chi connectivity index (χ1) is 9.49. The molecule has 0 aliphatic carbocycles. The third-order valence-electron chi connectivity index (χ3n) is 3.48. The monoisotopic (exact) mass is 298 g/mol. The SMILES string of the molecule is CC(C)(C)OC(=O)NCC1CCN(C(=O)C(C)(C)C)CC1. The van der Waals surface area contributed by atoms with Crippen LogP contribution in [0, 0.1) is 11.3 Å². The second kappa shape index (κ2) is 6.67. The average Bonchev–Trinajstić information content (AvgIpc) is 2.33. The fourth-order valence-electron chi connectivity index (χ4n) is 2.36. The molecule has 0 unspecified atom stereocenters. The van der Waals surface area contributed by atoms with Gasteiger partial charge in [-0.3, -0.25) is 4.79 Å². The summed E-state index contributed by atoms with van der Waals surface area (Å²) >= 11 is 0. The lowest BCUT2D eigenvalue weighted by Gasteiger charge is -2.35. The highest BCUT2D eigenvalue weighted by Crippen LogP contribution is 2.23. The number of rotatable bonds is 2. The van der Waals surface area contributed by atoms with Crippen molar-refractivity contribution in [2.24, 2.45) is 11.3 Å². The summed E-state index contributed by atoms with van der Waals surface area (Å²) in [5.74, 6) is 0.627. The molecule has 0 bridgehead atoms. The van der Waals surface area contributed by atoms with E-state index in [2.05, 4.69) is 5.32 Å². The minimum Gasteiger partial charge on any atom is -0.444 e. The van der Waals surface area contributed by atoms with Crippen LogP contribution in [0.2, 0.25) is 0 Å². The highest BCUT2D eigenvalue weighted by molar-refractivity contribution is 5.81. The van der Waals surface area contributed by atoms with Crippen molar-refractivity contribution >= 4 is 12.0 Å². The van der Waals surface area contributed by atoms with Gasteiger partial charge in [0.15, 0.2) is 0 Å². The Hall–Kier alpha value is -1.26. The third-order valence-corrected chi connectivity index (χ3v) is 3.48. The molecule has 0 aromatic rings. The second-order valence-corrected chi connectivity index (χ2v) is 7.87. The number of hydrogen-bond acceptors (Lipinski definition) is 3. The van der Waals surface area contributed by atoms with Gasteiger partial charge in [-0.05, 0) is 39.5 Å². The molecule has 21 heavy (non-hydrogen) atoms. The molecule has 0 atom stereocenters. The van der Waals surface area contributed by atoms with E-state index in [1.165, 1.54) is 0 Å². The molecule has 122 valence electrons. The van der Waals surface area contributed by atoms with E-state index in [4.69, 9.17) is 4.74 Å².